The molecule has 0 radical (unpaired) electrons. The summed E-state index contributed by atoms with van der Waals surface area (Å²) in [5.74, 6) is -3.97. The van der Waals surface area contributed by atoms with E-state index in [9.17, 15) is 26.8 Å². The van der Waals surface area contributed by atoms with Crippen molar-refractivity contribution in [3.63, 3.8) is 0 Å². The highest BCUT2D eigenvalue weighted by atomic mass is 32.2. The summed E-state index contributed by atoms with van der Waals surface area (Å²) in [6.45, 7) is -0.717. The maximum absolute atomic E-state index is 13.3. The lowest BCUT2D eigenvalue weighted by molar-refractivity contribution is 0.0474. The fourth-order valence-electron chi connectivity index (χ4n) is 2.69. The maximum atomic E-state index is 13.3. The van der Waals surface area contributed by atoms with Gasteiger partial charge in [0, 0.05) is 12.6 Å². The smallest absolute Gasteiger partial charge is 0.338 e. The topological polar surface area (TPSA) is 80.8 Å². The van der Waals surface area contributed by atoms with Gasteiger partial charge in [0.15, 0.2) is 24.0 Å². The van der Waals surface area contributed by atoms with Gasteiger partial charge in [-0.05, 0) is 48.5 Å². The van der Waals surface area contributed by atoms with Crippen LogP contribution in [0.15, 0.2) is 77.7 Å². The molecule has 3 aromatic rings. The van der Waals surface area contributed by atoms with Crippen LogP contribution >= 0.6 is 0 Å². The Morgan fingerprint density at radius 2 is 1.58 bits per heavy atom. The van der Waals surface area contributed by atoms with Crippen molar-refractivity contribution in [2.45, 2.75) is 4.90 Å². The normalized spacial score (nSPS) is 11.1. The van der Waals surface area contributed by atoms with Gasteiger partial charge in [-0.3, -0.25) is 9.10 Å². The second-order valence-corrected chi connectivity index (χ2v) is 8.43. The van der Waals surface area contributed by atoms with Crippen molar-refractivity contribution in [3.05, 3.63) is 95.6 Å². The molecule has 0 bridgehead atoms. The first-order chi connectivity index (χ1) is 14.7. The Balaban J connectivity index is 1.74. The number of hydrogen-bond acceptors (Lipinski definition) is 5. The number of anilines is 1. The third kappa shape index (κ3) is 4.95. The average molecular weight is 445 g/mol. The zero-order valence-electron chi connectivity index (χ0n) is 16.3. The molecule has 160 valence electrons. The largest absolute Gasteiger partial charge is 0.454 e. The maximum Gasteiger partial charge on any atom is 0.338 e. The lowest BCUT2D eigenvalue weighted by Crippen LogP contribution is -2.26. The number of esters is 1. The van der Waals surface area contributed by atoms with E-state index in [1.165, 1.54) is 25.2 Å². The van der Waals surface area contributed by atoms with Gasteiger partial charge in [0.05, 0.1) is 16.1 Å². The lowest BCUT2D eigenvalue weighted by Gasteiger charge is -2.19. The zero-order chi connectivity index (χ0) is 22.6. The molecular formula is C22H17F2NO5S. The molecule has 0 atom stereocenters. The highest BCUT2D eigenvalue weighted by Gasteiger charge is 2.23. The molecule has 0 aliphatic heterocycles. The molecule has 0 spiro atoms. The summed E-state index contributed by atoms with van der Waals surface area (Å²) >= 11 is 0. The Hall–Kier alpha value is -3.59. The molecule has 0 saturated heterocycles. The van der Waals surface area contributed by atoms with Crippen molar-refractivity contribution in [1.29, 1.82) is 0 Å². The molecule has 3 rings (SSSR count). The summed E-state index contributed by atoms with van der Waals surface area (Å²) in [6, 6.07) is 16.1. The molecule has 0 aliphatic carbocycles. The molecule has 0 N–H and O–H groups in total. The monoisotopic (exact) mass is 445 g/mol. The van der Waals surface area contributed by atoms with Crippen LogP contribution in [0.25, 0.3) is 0 Å². The van der Waals surface area contributed by atoms with Crippen molar-refractivity contribution < 1.29 is 31.5 Å². The van der Waals surface area contributed by atoms with E-state index in [4.69, 9.17) is 4.74 Å². The third-order valence-electron chi connectivity index (χ3n) is 4.42. The molecule has 3 aromatic carbocycles. The number of ether oxygens (including phenoxy) is 1. The van der Waals surface area contributed by atoms with E-state index in [1.54, 1.807) is 30.3 Å². The fourth-order valence-corrected chi connectivity index (χ4v) is 3.93. The quantitative estimate of drug-likeness (QED) is 0.408. The van der Waals surface area contributed by atoms with Crippen molar-refractivity contribution >= 4 is 27.5 Å². The van der Waals surface area contributed by atoms with E-state index in [-0.39, 0.29) is 16.0 Å². The second-order valence-electron chi connectivity index (χ2n) is 6.46. The summed E-state index contributed by atoms with van der Waals surface area (Å²) in [6.07, 6.45) is 0. The van der Waals surface area contributed by atoms with E-state index in [2.05, 4.69) is 0 Å². The van der Waals surface area contributed by atoms with Crippen LogP contribution in [-0.2, 0) is 14.8 Å². The Kier molecular flexibility index (Phi) is 6.45. The van der Waals surface area contributed by atoms with Crippen molar-refractivity contribution in [1.82, 2.24) is 0 Å². The Bertz CT molecular complexity index is 1230. The van der Waals surface area contributed by atoms with Crippen LogP contribution in [-0.4, -0.2) is 33.8 Å². The summed E-state index contributed by atoms with van der Waals surface area (Å²) in [4.78, 5) is 24.2. The van der Waals surface area contributed by atoms with Crippen molar-refractivity contribution in [2.24, 2.45) is 0 Å². The number of Topliss-reactive ketones (excluding diaryl/α,β-unsaturated/α-hetero) is 1. The minimum absolute atomic E-state index is 0.0828. The van der Waals surface area contributed by atoms with Gasteiger partial charge in [-0.15, -0.1) is 0 Å². The predicted octanol–water partition coefficient (Wildman–Crippen LogP) is 3.83. The number of rotatable bonds is 7. The number of carbonyl (C=O) groups is 2. The SMILES string of the molecule is CN(c1ccccc1)S(=O)(=O)c1cccc(C(=O)OCC(=O)c2ccc(F)c(F)c2)c1. The number of benzene rings is 3. The summed E-state index contributed by atoms with van der Waals surface area (Å²) < 4.78 is 58.0. The molecule has 0 amide bonds. The molecule has 0 heterocycles. The van der Waals surface area contributed by atoms with Gasteiger partial charge in [-0.25, -0.2) is 22.0 Å². The van der Waals surface area contributed by atoms with E-state index in [0.29, 0.717) is 11.8 Å². The number of carbonyl (C=O) groups excluding carboxylic acids is 2. The van der Waals surface area contributed by atoms with Crippen LogP contribution in [0.1, 0.15) is 20.7 Å². The molecular weight excluding hydrogens is 428 g/mol. The Morgan fingerprint density at radius 3 is 2.26 bits per heavy atom. The minimum atomic E-state index is -3.95. The van der Waals surface area contributed by atoms with E-state index >= 15 is 0 Å². The van der Waals surface area contributed by atoms with Crippen LogP contribution in [0.3, 0.4) is 0 Å². The third-order valence-corrected chi connectivity index (χ3v) is 6.21. The zero-order valence-corrected chi connectivity index (χ0v) is 17.1. The number of ketones is 1. The Labute approximate surface area is 177 Å². The second kappa shape index (κ2) is 9.05. The Morgan fingerprint density at radius 1 is 0.871 bits per heavy atom. The number of halogens is 2. The van der Waals surface area contributed by atoms with Crippen LogP contribution in [0, 0.1) is 11.6 Å². The minimum Gasteiger partial charge on any atom is -0.454 e. The summed E-state index contributed by atoms with van der Waals surface area (Å²) in [7, 11) is -2.56. The number of nitrogens with zero attached hydrogens (tertiary/aromatic N) is 1. The van der Waals surface area contributed by atoms with Gasteiger partial charge in [-0.2, -0.15) is 0 Å². The first-order valence-electron chi connectivity index (χ1n) is 8.99. The van der Waals surface area contributed by atoms with Gasteiger partial charge in [0.25, 0.3) is 10.0 Å². The molecule has 9 heteroatoms. The van der Waals surface area contributed by atoms with Gasteiger partial charge >= 0.3 is 5.97 Å². The highest BCUT2D eigenvalue weighted by Crippen LogP contribution is 2.22. The van der Waals surface area contributed by atoms with Gasteiger partial charge in [0.2, 0.25) is 0 Å². The molecule has 0 saturated carbocycles. The fraction of sp³-hybridized carbons (Fsp3) is 0.0909. The molecule has 0 unspecified atom stereocenters. The lowest BCUT2D eigenvalue weighted by atomic mass is 10.1. The van der Waals surface area contributed by atoms with Crippen LogP contribution < -0.4 is 4.31 Å². The van der Waals surface area contributed by atoms with E-state index in [1.807, 2.05) is 0 Å². The number of sulfonamides is 1. The summed E-state index contributed by atoms with van der Waals surface area (Å²) in [5, 5.41) is 0. The van der Waals surface area contributed by atoms with Crippen LogP contribution in [0.4, 0.5) is 14.5 Å². The predicted molar refractivity (Wildman–Crippen MR) is 109 cm³/mol. The first-order valence-corrected chi connectivity index (χ1v) is 10.4. The van der Waals surface area contributed by atoms with Gasteiger partial charge < -0.3 is 4.74 Å². The van der Waals surface area contributed by atoms with E-state index in [0.717, 1.165) is 22.5 Å². The molecule has 0 fully saturated rings. The number of para-hydroxylation sites is 1. The van der Waals surface area contributed by atoms with Crippen LogP contribution in [0.5, 0.6) is 0 Å². The first kappa shape index (κ1) is 22.1. The van der Waals surface area contributed by atoms with Gasteiger partial charge in [0.1, 0.15) is 0 Å². The van der Waals surface area contributed by atoms with Crippen LogP contribution in [0.2, 0.25) is 0 Å². The van der Waals surface area contributed by atoms with Crippen molar-refractivity contribution in [2.75, 3.05) is 18.0 Å². The molecule has 31 heavy (non-hydrogen) atoms. The average Bonchev–Trinajstić information content (AvgIpc) is 2.79. The molecule has 0 aromatic heterocycles. The van der Waals surface area contributed by atoms with Gasteiger partial charge in [-0.1, -0.05) is 24.3 Å². The highest BCUT2D eigenvalue weighted by molar-refractivity contribution is 7.92. The standard InChI is InChI=1S/C22H17F2NO5S/c1-25(17-7-3-2-4-8-17)31(28,29)18-9-5-6-16(12-18)22(27)30-14-21(26)15-10-11-19(23)20(24)13-15/h2-13H,14H2,1H3. The molecule has 6 nitrogen and oxygen atoms in total. The molecule has 0 aliphatic rings. The van der Waals surface area contributed by atoms with E-state index < -0.39 is 40.0 Å². The summed E-state index contributed by atoms with van der Waals surface area (Å²) in [5.41, 5.74) is 0.195. The van der Waals surface area contributed by atoms with Crippen molar-refractivity contribution in [3.8, 4) is 0 Å². The number of hydrogen-bond donors (Lipinski definition) is 0.